The fraction of sp³-hybridized carbons (Fsp3) is 0.231. The van der Waals surface area contributed by atoms with Gasteiger partial charge in [-0.1, -0.05) is 35.9 Å². The summed E-state index contributed by atoms with van der Waals surface area (Å²) < 4.78 is 6.05. The molecule has 2 saturated heterocycles. The lowest BCUT2D eigenvalue weighted by Crippen LogP contribution is -2.37. The zero-order chi connectivity index (χ0) is 24.0. The Morgan fingerprint density at radius 3 is 2.38 bits per heavy atom. The van der Waals surface area contributed by atoms with Crippen LogP contribution in [0.2, 0.25) is 0 Å². The molecule has 2 amide bonds. The zero-order valence-electron chi connectivity index (χ0n) is 18.6. The normalized spacial score (nSPS) is 21.8. The van der Waals surface area contributed by atoms with Crippen LogP contribution in [-0.2, 0) is 14.4 Å². The third kappa shape index (κ3) is 3.63. The predicted molar refractivity (Wildman–Crippen MR) is 131 cm³/mol. The second kappa shape index (κ2) is 8.77. The van der Waals surface area contributed by atoms with Gasteiger partial charge >= 0.3 is 0 Å². The second-order valence-electron chi connectivity index (χ2n) is 8.29. The van der Waals surface area contributed by atoms with Gasteiger partial charge in [-0.15, -0.1) is 0 Å². The first-order valence-electron chi connectivity index (χ1n) is 11.0. The van der Waals surface area contributed by atoms with Crippen LogP contribution in [0, 0.1) is 12.8 Å². The molecule has 2 aliphatic rings. The largest absolute Gasteiger partial charge is 0.503 e. The first-order valence-corrected chi connectivity index (χ1v) is 11.8. The number of amides is 2. The third-order valence-corrected chi connectivity index (χ3v) is 6.71. The van der Waals surface area contributed by atoms with Crippen molar-refractivity contribution in [2.75, 3.05) is 16.6 Å². The number of hydrogen-bond acceptors (Lipinski definition) is 6. The Kier molecular flexibility index (Phi) is 5.79. The summed E-state index contributed by atoms with van der Waals surface area (Å²) in [5, 5.41) is 12.0. The van der Waals surface area contributed by atoms with E-state index >= 15 is 0 Å². The van der Waals surface area contributed by atoms with Crippen molar-refractivity contribution in [3.8, 4) is 11.5 Å². The lowest BCUT2D eigenvalue weighted by atomic mass is 9.90. The van der Waals surface area contributed by atoms with Crippen LogP contribution in [0.15, 0.2) is 71.2 Å². The molecule has 3 aromatic rings. The number of halogens is 1. The van der Waals surface area contributed by atoms with Gasteiger partial charge in [-0.05, 0) is 71.7 Å². The van der Waals surface area contributed by atoms with Gasteiger partial charge in [-0.3, -0.25) is 14.4 Å². The van der Waals surface area contributed by atoms with Gasteiger partial charge in [-0.2, -0.15) is 0 Å². The maximum atomic E-state index is 13.7. The molecular formula is C26H23BrN2O5. The first-order chi connectivity index (χ1) is 16.4. The minimum Gasteiger partial charge on any atom is -0.503 e. The van der Waals surface area contributed by atoms with E-state index in [-0.39, 0.29) is 17.4 Å². The fourth-order valence-electron chi connectivity index (χ4n) is 4.53. The Labute approximate surface area is 205 Å². The molecular weight excluding hydrogens is 500 g/mol. The molecule has 0 radical (unpaired) electrons. The summed E-state index contributed by atoms with van der Waals surface area (Å²) in [5.41, 5.74) is 2.94. The van der Waals surface area contributed by atoms with Gasteiger partial charge in [0.05, 0.1) is 28.5 Å². The SMILES string of the molecule is CCOc1cc([C@H]2[C@@H]3C(=O)N(c4ccc(C)cc4)C(=O)[C@H]3ON2c2ccccc2)cc(Br)c1O. The van der Waals surface area contributed by atoms with Crippen molar-refractivity contribution in [2.24, 2.45) is 5.92 Å². The Bertz CT molecular complexity index is 1250. The monoisotopic (exact) mass is 522 g/mol. The maximum absolute atomic E-state index is 13.7. The molecule has 2 fully saturated rings. The van der Waals surface area contributed by atoms with Crippen LogP contribution in [0.25, 0.3) is 0 Å². The summed E-state index contributed by atoms with van der Waals surface area (Å²) in [6.07, 6.45) is -0.970. The molecule has 0 aromatic heterocycles. The molecule has 3 atom stereocenters. The molecule has 2 aliphatic heterocycles. The highest BCUT2D eigenvalue weighted by Crippen LogP contribution is 2.49. The molecule has 3 aromatic carbocycles. The van der Waals surface area contributed by atoms with Gasteiger partial charge in [-0.25, -0.2) is 9.96 Å². The van der Waals surface area contributed by atoms with E-state index in [1.807, 2.05) is 56.3 Å². The number of rotatable bonds is 5. The Morgan fingerprint density at radius 1 is 1.00 bits per heavy atom. The first kappa shape index (κ1) is 22.4. The molecule has 2 heterocycles. The van der Waals surface area contributed by atoms with Crippen LogP contribution in [0.4, 0.5) is 11.4 Å². The average molecular weight is 523 g/mol. The van der Waals surface area contributed by atoms with Gasteiger partial charge in [0, 0.05) is 0 Å². The van der Waals surface area contributed by atoms with Crippen LogP contribution in [-0.4, -0.2) is 29.6 Å². The Balaban J connectivity index is 1.62. The van der Waals surface area contributed by atoms with Crippen LogP contribution in [0.3, 0.4) is 0 Å². The highest BCUT2D eigenvalue weighted by Gasteiger charge is 2.60. The number of hydroxylamine groups is 1. The van der Waals surface area contributed by atoms with Crippen molar-refractivity contribution in [1.82, 2.24) is 0 Å². The van der Waals surface area contributed by atoms with E-state index < -0.39 is 24.0 Å². The number of anilines is 2. The number of carbonyl (C=O) groups excluding carboxylic acids is 2. The summed E-state index contributed by atoms with van der Waals surface area (Å²) in [5.74, 6) is -1.24. The number of para-hydroxylation sites is 1. The number of hydrogen-bond donors (Lipinski definition) is 1. The summed E-state index contributed by atoms with van der Waals surface area (Å²) >= 11 is 3.39. The predicted octanol–water partition coefficient (Wildman–Crippen LogP) is 4.91. The molecule has 174 valence electrons. The number of phenolic OH excluding ortho intramolecular Hbond substituents is 1. The molecule has 0 unspecified atom stereocenters. The molecule has 0 bridgehead atoms. The van der Waals surface area contributed by atoms with Crippen molar-refractivity contribution in [2.45, 2.75) is 26.0 Å². The number of phenols is 1. The summed E-state index contributed by atoms with van der Waals surface area (Å²) in [4.78, 5) is 34.5. The molecule has 34 heavy (non-hydrogen) atoms. The van der Waals surface area contributed by atoms with E-state index in [1.165, 1.54) is 4.90 Å². The van der Waals surface area contributed by atoms with Crippen molar-refractivity contribution in [3.63, 3.8) is 0 Å². The molecule has 0 spiro atoms. The number of ether oxygens (including phenoxy) is 1. The molecule has 8 heteroatoms. The molecule has 0 saturated carbocycles. The lowest BCUT2D eigenvalue weighted by Gasteiger charge is -2.29. The van der Waals surface area contributed by atoms with Crippen LogP contribution in [0.5, 0.6) is 11.5 Å². The molecule has 1 N–H and O–H groups in total. The summed E-state index contributed by atoms with van der Waals surface area (Å²) in [7, 11) is 0. The van der Waals surface area contributed by atoms with E-state index in [0.717, 1.165) is 5.56 Å². The van der Waals surface area contributed by atoms with Gasteiger partial charge < -0.3 is 9.84 Å². The van der Waals surface area contributed by atoms with E-state index in [0.29, 0.717) is 28.0 Å². The molecule has 5 rings (SSSR count). The van der Waals surface area contributed by atoms with Crippen molar-refractivity contribution in [3.05, 3.63) is 82.3 Å². The van der Waals surface area contributed by atoms with E-state index in [9.17, 15) is 14.7 Å². The van der Waals surface area contributed by atoms with E-state index in [1.54, 1.807) is 29.3 Å². The minimum atomic E-state index is -0.970. The number of aromatic hydroxyl groups is 1. The highest BCUT2D eigenvalue weighted by atomic mass is 79.9. The van der Waals surface area contributed by atoms with Gasteiger partial charge in [0.1, 0.15) is 5.92 Å². The molecule has 7 nitrogen and oxygen atoms in total. The lowest BCUT2D eigenvalue weighted by molar-refractivity contribution is -0.126. The van der Waals surface area contributed by atoms with Gasteiger partial charge in [0.15, 0.2) is 17.6 Å². The van der Waals surface area contributed by atoms with E-state index in [4.69, 9.17) is 9.57 Å². The average Bonchev–Trinajstić information content (AvgIpc) is 3.34. The summed E-state index contributed by atoms with van der Waals surface area (Å²) in [6, 6.07) is 19.4. The van der Waals surface area contributed by atoms with E-state index in [2.05, 4.69) is 15.9 Å². The number of carbonyl (C=O) groups is 2. The zero-order valence-corrected chi connectivity index (χ0v) is 20.2. The highest BCUT2D eigenvalue weighted by molar-refractivity contribution is 9.10. The second-order valence-corrected chi connectivity index (χ2v) is 9.14. The third-order valence-electron chi connectivity index (χ3n) is 6.11. The van der Waals surface area contributed by atoms with Gasteiger partial charge in [0.2, 0.25) is 5.91 Å². The van der Waals surface area contributed by atoms with Crippen molar-refractivity contribution < 1.29 is 24.3 Å². The standard InChI is InChI=1S/C26H23BrN2O5/c1-3-33-20-14-16(13-19(27)23(20)30)22-21-24(34-29(22)18-7-5-4-6-8-18)26(32)28(25(21)31)17-11-9-15(2)10-12-17/h4-14,21-22,24,30H,3H2,1-2H3/t21-,22-,24-/m0/s1. The van der Waals surface area contributed by atoms with Crippen LogP contribution < -0.4 is 14.7 Å². The number of aryl methyl sites for hydroxylation is 1. The minimum absolute atomic E-state index is 0.0255. The topological polar surface area (TPSA) is 79.3 Å². The number of nitrogens with zero attached hydrogens (tertiary/aromatic N) is 2. The number of benzene rings is 3. The fourth-order valence-corrected chi connectivity index (χ4v) is 4.99. The van der Waals surface area contributed by atoms with Crippen molar-refractivity contribution >= 4 is 39.1 Å². The Morgan fingerprint density at radius 2 is 1.71 bits per heavy atom. The van der Waals surface area contributed by atoms with Crippen LogP contribution >= 0.6 is 15.9 Å². The quantitative estimate of drug-likeness (QED) is 0.479. The van der Waals surface area contributed by atoms with Gasteiger partial charge in [0.25, 0.3) is 5.91 Å². The number of fused-ring (bicyclic) bond motifs is 1. The number of imide groups is 1. The maximum Gasteiger partial charge on any atom is 0.266 e. The molecule has 0 aliphatic carbocycles. The summed E-state index contributed by atoms with van der Waals surface area (Å²) in [6.45, 7) is 4.13. The smallest absolute Gasteiger partial charge is 0.266 e. The Hall–Kier alpha value is -3.36. The van der Waals surface area contributed by atoms with Crippen LogP contribution in [0.1, 0.15) is 24.1 Å². The van der Waals surface area contributed by atoms with Crippen molar-refractivity contribution in [1.29, 1.82) is 0 Å².